The molecule has 2 heterocycles. The van der Waals surface area contributed by atoms with Gasteiger partial charge in [-0.1, -0.05) is 18.2 Å². The average molecular weight is 443 g/mol. The summed E-state index contributed by atoms with van der Waals surface area (Å²) in [6.07, 6.45) is 1.62. The topological polar surface area (TPSA) is 97.2 Å². The number of H-pyrrole nitrogens is 1. The molecule has 33 heavy (non-hydrogen) atoms. The molecule has 0 saturated heterocycles. The first-order valence-electron chi connectivity index (χ1n) is 10.7. The minimum absolute atomic E-state index is 0.362. The molecule has 0 saturated carbocycles. The lowest BCUT2D eigenvalue weighted by Crippen LogP contribution is -2.19. The number of benzene rings is 2. The van der Waals surface area contributed by atoms with E-state index in [1.54, 1.807) is 6.21 Å². The Kier molecular flexibility index (Phi) is 6.35. The van der Waals surface area contributed by atoms with Gasteiger partial charge in [0, 0.05) is 16.7 Å². The molecule has 4 aromatic rings. The second-order valence-electron chi connectivity index (χ2n) is 7.56. The fourth-order valence-corrected chi connectivity index (χ4v) is 3.65. The second-order valence-corrected chi connectivity index (χ2v) is 7.56. The third kappa shape index (κ3) is 4.55. The van der Waals surface area contributed by atoms with Crippen molar-refractivity contribution in [3.63, 3.8) is 0 Å². The molecule has 0 aliphatic carbocycles. The molecule has 0 aliphatic heterocycles. The zero-order chi connectivity index (χ0) is 23.4. The van der Waals surface area contributed by atoms with Gasteiger partial charge in [-0.2, -0.15) is 15.3 Å². The third-order valence-electron chi connectivity index (χ3n) is 5.38. The first-order valence-corrected chi connectivity index (χ1v) is 10.7. The van der Waals surface area contributed by atoms with Crippen molar-refractivity contribution in [2.24, 2.45) is 5.10 Å². The van der Waals surface area contributed by atoms with E-state index in [4.69, 9.17) is 4.74 Å². The Labute approximate surface area is 192 Å². The normalized spacial score (nSPS) is 11.2. The van der Waals surface area contributed by atoms with Gasteiger partial charge in [0.05, 0.1) is 35.6 Å². The Morgan fingerprint density at radius 1 is 1.12 bits per heavy atom. The molecule has 8 heteroatoms. The molecule has 4 rings (SSSR count). The number of hydrazone groups is 1. The zero-order valence-electron chi connectivity index (χ0n) is 19.1. The monoisotopic (exact) mass is 442 g/mol. The fraction of sp³-hybridized carbons (Fsp3) is 0.200. The van der Waals surface area contributed by atoms with Gasteiger partial charge in [0.25, 0.3) is 5.91 Å². The van der Waals surface area contributed by atoms with Crippen LogP contribution in [-0.2, 0) is 0 Å². The van der Waals surface area contributed by atoms with Crippen molar-refractivity contribution in [3.8, 4) is 22.7 Å². The Balaban J connectivity index is 1.48. The number of carbonyl (C=O) groups excluding carboxylic acids is 1. The molecule has 2 aromatic carbocycles. The minimum Gasteiger partial charge on any atom is -0.494 e. The Hall–Kier alpha value is -4.20. The molecule has 0 atom stereocenters. The van der Waals surface area contributed by atoms with Crippen LogP contribution in [0.1, 0.15) is 39.9 Å². The van der Waals surface area contributed by atoms with Crippen LogP contribution in [0.3, 0.4) is 0 Å². The van der Waals surface area contributed by atoms with Crippen LogP contribution in [0.4, 0.5) is 0 Å². The van der Waals surface area contributed by atoms with E-state index >= 15 is 0 Å². The maximum Gasteiger partial charge on any atom is 0.289 e. The van der Waals surface area contributed by atoms with Gasteiger partial charge in [-0.05, 0) is 64.1 Å². The lowest BCUT2D eigenvalue weighted by Gasteiger charge is -2.04. The largest absolute Gasteiger partial charge is 0.494 e. The zero-order valence-corrected chi connectivity index (χ0v) is 19.1. The quantitative estimate of drug-likeness (QED) is 0.328. The van der Waals surface area contributed by atoms with Gasteiger partial charge in [0.1, 0.15) is 11.4 Å². The van der Waals surface area contributed by atoms with E-state index in [-0.39, 0.29) is 5.91 Å². The van der Waals surface area contributed by atoms with E-state index in [1.807, 2.05) is 87.0 Å². The molecule has 2 N–H and O–H groups in total. The Bertz CT molecular complexity index is 1290. The highest BCUT2D eigenvalue weighted by Crippen LogP contribution is 2.25. The van der Waals surface area contributed by atoms with Crippen LogP contribution in [0.15, 0.2) is 59.7 Å². The molecule has 2 aromatic heterocycles. The molecule has 0 aliphatic rings. The molecule has 0 fully saturated rings. The van der Waals surface area contributed by atoms with Crippen molar-refractivity contribution >= 4 is 12.1 Å². The number of aromatic nitrogens is 4. The standard InChI is InChI=1S/C25H26N6O2/c1-5-33-21-13-11-19(12-14-21)23-16(2)24(28-27-23)25(32)29-26-15-22-17(3)30-31(18(22)4)20-9-7-6-8-10-20/h6-15H,5H2,1-4H3,(H,27,28)(H,29,32)/b26-15-. The number of carbonyl (C=O) groups is 1. The van der Waals surface area contributed by atoms with Crippen molar-refractivity contribution < 1.29 is 9.53 Å². The average Bonchev–Trinajstić information content (AvgIpc) is 3.35. The molecular weight excluding hydrogens is 416 g/mol. The molecule has 0 unspecified atom stereocenters. The fourth-order valence-electron chi connectivity index (χ4n) is 3.65. The number of ether oxygens (including phenoxy) is 1. The van der Waals surface area contributed by atoms with E-state index in [0.29, 0.717) is 18.0 Å². The van der Waals surface area contributed by atoms with Gasteiger partial charge in [0.2, 0.25) is 0 Å². The summed E-state index contributed by atoms with van der Waals surface area (Å²) in [5.74, 6) is 0.433. The Morgan fingerprint density at radius 3 is 2.55 bits per heavy atom. The van der Waals surface area contributed by atoms with Crippen LogP contribution in [0.25, 0.3) is 16.9 Å². The molecule has 1 amide bonds. The van der Waals surface area contributed by atoms with E-state index in [9.17, 15) is 4.79 Å². The SMILES string of the molecule is CCOc1ccc(-c2n[nH]c(C(=O)N/N=C\c3c(C)nn(-c4ccccc4)c3C)c2C)cc1. The molecular formula is C25H26N6O2. The van der Waals surface area contributed by atoms with Gasteiger partial charge >= 0.3 is 0 Å². The summed E-state index contributed by atoms with van der Waals surface area (Å²) in [4.78, 5) is 12.7. The summed E-state index contributed by atoms with van der Waals surface area (Å²) < 4.78 is 7.34. The molecule has 0 spiro atoms. The summed E-state index contributed by atoms with van der Waals surface area (Å²) in [6, 6.07) is 17.5. The predicted molar refractivity (Wildman–Crippen MR) is 128 cm³/mol. The van der Waals surface area contributed by atoms with Crippen LogP contribution in [-0.4, -0.2) is 38.7 Å². The summed E-state index contributed by atoms with van der Waals surface area (Å²) in [7, 11) is 0. The summed E-state index contributed by atoms with van der Waals surface area (Å²) in [6.45, 7) is 8.29. The van der Waals surface area contributed by atoms with Crippen molar-refractivity contribution in [2.45, 2.75) is 27.7 Å². The van der Waals surface area contributed by atoms with E-state index in [1.165, 1.54) is 0 Å². The van der Waals surface area contributed by atoms with Crippen LogP contribution < -0.4 is 10.2 Å². The molecule has 8 nitrogen and oxygen atoms in total. The highest BCUT2D eigenvalue weighted by Gasteiger charge is 2.17. The number of aryl methyl sites for hydroxylation is 1. The number of hydrogen-bond acceptors (Lipinski definition) is 5. The highest BCUT2D eigenvalue weighted by molar-refractivity contribution is 5.96. The van der Waals surface area contributed by atoms with Crippen molar-refractivity contribution in [2.75, 3.05) is 6.61 Å². The highest BCUT2D eigenvalue weighted by atomic mass is 16.5. The van der Waals surface area contributed by atoms with E-state index in [2.05, 4.69) is 25.8 Å². The van der Waals surface area contributed by atoms with Gasteiger partial charge in [-0.25, -0.2) is 10.1 Å². The van der Waals surface area contributed by atoms with Crippen LogP contribution >= 0.6 is 0 Å². The van der Waals surface area contributed by atoms with Gasteiger partial charge in [-0.15, -0.1) is 0 Å². The number of nitrogens with one attached hydrogen (secondary N) is 2. The predicted octanol–water partition coefficient (Wildman–Crippen LogP) is 4.35. The number of nitrogens with zero attached hydrogens (tertiary/aromatic N) is 4. The van der Waals surface area contributed by atoms with Gasteiger partial charge in [0.15, 0.2) is 0 Å². The first kappa shape index (κ1) is 22.0. The van der Waals surface area contributed by atoms with Crippen molar-refractivity contribution in [1.82, 2.24) is 25.4 Å². The number of para-hydroxylation sites is 1. The lowest BCUT2D eigenvalue weighted by molar-refractivity contribution is 0.0949. The van der Waals surface area contributed by atoms with E-state index in [0.717, 1.165) is 39.5 Å². The van der Waals surface area contributed by atoms with Crippen molar-refractivity contribution in [3.05, 3.63) is 82.8 Å². The van der Waals surface area contributed by atoms with Crippen LogP contribution in [0.2, 0.25) is 0 Å². The number of hydrogen-bond donors (Lipinski definition) is 2. The Morgan fingerprint density at radius 2 is 1.85 bits per heavy atom. The molecule has 168 valence electrons. The van der Waals surface area contributed by atoms with E-state index < -0.39 is 0 Å². The first-order chi connectivity index (χ1) is 16.0. The van der Waals surface area contributed by atoms with Crippen LogP contribution in [0.5, 0.6) is 5.75 Å². The van der Waals surface area contributed by atoms with Gasteiger partial charge < -0.3 is 4.74 Å². The second kappa shape index (κ2) is 9.52. The maximum atomic E-state index is 12.7. The smallest absolute Gasteiger partial charge is 0.289 e. The van der Waals surface area contributed by atoms with Gasteiger partial charge in [-0.3, -0.25) is 9.89 Å². The van der Waals surface area contributed by atoms with Crippen molar-refractivity contribution in [1.29, 1.82) is 0 Å². The third-order valence-corrected chi connectivity index (χ3v) is 5.38. The molecule has 0 bridgehead atoms. The molecule has 0 radical (unpaired) electrons. The number of amides is 1. The minimum atomic E-state index is -0.362. The maximum absolute atomic E-state index is 12.7. The summed E-state index contributed by atoms with van der Waals surface area (Å²) in [5, 5.41) is 15.9. The lowest BCUT2D eigenvalue weighted by atomic mass is 10.1. The summed E-state index contributed by atoms with van der Waals surface area (Å²) >= 11 is 0. The number of rotatable bonds is 7. The number of aromatic amines is 1. The summed E-state index contributed by atoms with van der Waals surface area (Å²) in [5.41, 5.74) is 8.89. The van der Waals surface area contributed by atoms with Crippen LogP contribution in [0, 0.1) is 20.8 Å².